The molecule has 1 atom stereocenters. The largest absolute Gasteiger partial charge is 0.462 e. The summed E-state index contributed by atoms with van der Waals surface area (Å²) in [6.07, 6.45) is 6.38. The molecule has 0 N–H and O–H groups in total. The fraction of sp³-hybridized carbons (Fsp3) is 0.500. The zero-order valence-electron chi connectivity index (χ0n) is 11.4. The van der Waals surface area contributed by atoms with Gasteiger partial charge in [0.2, 0.25) is 0 Å². The highest BCUT2D eigenvalue weighted by Crippen LogP contribution is 2.26. The summed E-state index contributed by atoms with van der Waals surface area (Å²) < 4.78 is 12.7. The van der Waals surface area contributed by atoms with E-state index in [9.17, 15) is 4.79 Å². The summed E-state index contributed by atoms with van der Waals surface area (Å²) in [5.41, 5.74) is 1.87. The van der Waals surface area contributed by atoms with Crippen molar-refractivity contribution < 1.29 is 14.3 Å². The summed E-state index contributed by atoms with van der Waals surface area (Å²) in [5, 5.41) is 0. The van der Waals surface area contributed by atoms with Crippen LogP contribution in [0.15, 0.2) is 18.6 Å². The Morgan fingerprint density at radius 3 is 3.15 bits per heavy atom. The Labute approximate surface area is 116 Å². The molecule has 2 aromatic rings. The number of aromatic nitrogens is 3. The summed E-state index contributed by atoms with van der Waals surface area (Å²) in [5.74, 6) is -0.362. The van der Waals surface area contributed by atoms with Crippen LogP contribution in [0.2, 0.25) is 0 Å². The first-order chi connectivity index (χ1) is 9.79. The van der Waals surface area contributed by atoms with Crippen molar-refractivity contribution >= 4 is 17.1 Å². The highest BCUT2D eigenvalue weighted by Gasteiger charge is 2.19. The number of carbonyl (C=O) groups excluding carboxylic acids is 1. The van der Waals surface area contributed by atoms with Crippen LogP contribution in [0.5, 0.6) is 0 Å². The second-order valence-electron chi connectivity index (χ2n) is 4.76. The number of esters is 1. The van der Waals surface area contributed by atoms with Gasteiger partial charge in [0.15, 0.2) is 5.65 Å². The molecule has 1 aliphatic rings. The minimum Gasteiger partial charge on any atom is -0.462 e. The van der Waals surface area contributed by atoms with Gasteiger partial charge in [0, 0.05) is 12.8 Å². The maximum Gasteiger partial charge on any atom is 0.339 e. The molecule has 2 aromatic heterocycles. The van der Waals surface area contributed by atoms with Crippen LogP contribution >= 0.6 is 0 Å². The number of fused-ring (bicyclic) bond motifs is 1. The Hall–Kier alpha value is -1.95. The number of imidazole rings is 1. The van der Waals surface area contributed by atoms with E-state index in [0.29, 0.717) is 17.8 Å². The molecular formula is C14H17N3O3. The molecule has 1 saturated heterocycles. The molecule has 0 radical (unpaired) electrons. The van der Waals surface area contributed by atoms with Gasteiger partial charge in [-0.2, -0.15) is 0 Å². The summed E-state index contributed by atoms with van der Waals surface area (Å²) in [6, 6.07) is 1.77. The molecule has 1 aliphatic heterocycles. The van der Waals surface area contributed by atoms with Gasteiger partial charge < -0.3 is 14.0 Å². The molecule has 6 nitrogen and oxygen atoms in total. The number of hydrogen-bond donors (Lipinski definition) is 0. The molecule has 0 aromatic carbocycles. The molecule has 0 spiro atoms. The minimum absolute atomic E-state index is 0.0204. The average molecular weight is 275 g/mol. The van der Waals surface area contributed by atoms with Crippen molar-refractivity contribution in [3.05, 3.63) is 24.2 Å². The zero-order chi connectivity index (χ0) is 13.9. The number of nitrogens with zero attached hydrogens (tertiary/aromatic N) is 3. The Balaban J connectivity index is 1.96. The lowest BCUT2D eigenvalue weighted by Gasteiger charge is -2.24. The zero-order valence-corrected chi connectivity index (χ0v) is 11.4. The van der Waals surface area contributed by atoms with Crippen molar-refractivity contribution in [1.82, 2.24) is 14.5 Å². The summed E-state index contributed by atoms with van der Waals surface area (Å²) in [4.78, 5) is 20.2. The normalized spacial score (nSPS) is 19.1. The van der Waals surface area contributed by atoms with Crippen LogP contribution in [-0.4, -0.2) is 33.7 Å². The molecular weight excluding hydrogens is 258 g/mol. The van der Waals surface area contributed by atoms with Gasteiger partial charge in [-0.25, -0.2) is 14.8 Å². The van der Waals surface area contributed by atoms with E-state index < -0.39 is 0 Å². The molecule has 3 heterocycles. The average Bonchev–Trinajstić information content (AvgIpc) is 2.91. The highest BCUT2D eigenvalue weighted by molar-refractivity contribution is 5.92. The SMILES string of the molecule is CCOC(=O)c1cnc2ncn(C3CCCCO3)c2c1. The van der Waals surface area contributed by atoms with Crippen molar-refractivity contribution in [3.63, 3.8) is 0 Å². The van der Waals surface area contributed by atoms with Gasteiger partial charge in [0.05, 0.1) is 24.0 Å². The van der Waals surface area contributed by atoms with Gasteiger partial charge in [-0.05, 0) is 32.3 Å². The molecule has 6 heteroatoms. The third kappa shape index (κ3) is 2.38. The van der Waals surface area contributed by atoms with E-state index in [2.05, 4.69) is 9.97 Å². The summed E-state index contributed by atoms with van der Waals surface area (Å²) in [7, 11) is 0. The van der Waals surface area contributed by atoms with Crippen LogP contribution in [0, 0.1) is 0 Å². The predicted octanol–water partition coefficient (Wildman–Crippen LogP) is 2.31. The first-order valence-electron chi connectivity index (χ1n) is 6.91. The van der Waals surface area contributed by atoms with Gasteiger partial charge in [-0.3, -0.25) is 0 Å². The fourth-order valence-electron chi connectivity index (χ4n) is 2.41. The second kappa shape index (κ2) is 5.58. The molecule has 3 rings (SSSR count). The number of pyridine rings is 1. The van der Waals surface area contributed by atoms with Crippen LogP contribution in [0.3, 0.4) is 0 Å². The van der Waals surface area contributed by atoms with Crippen molar-refractivity contribution in [2.24, 2.45) is 0 Å². The van der Waals surface area contributed by atoms with Crippen LogP contribution < -0.4 is 0 Å². The number of hydrogen-bond acceptors (Lipinski definition) is 5. The van der Waals surface area contributed by atoms with Crippen molar-refractivity contribution in [2.45, 2.75) is 32.4 Å². The molecule has 1 unspecified atom stereocenters. The molecule has 0 saturated carbocycles. The minimum atomic E-state index is -0.362. The Morgan fingerprint density at radius 1 is 1.50 bits per heavy atom. The van der Waals surface area contributed by atoms with Crippen LogP contribution in [0.25, 0.3) is 11.2 Å². The quantitative estimate of drug-likeness (QED) is 0.804. The monoisotopic (exact) mass is 275 g/mol. The maximum absolute atomic E-state index is 11.8. The van der Waals surface area contributed by atoms with E-state index in [-0.39, 0.29) is 12.2 Å². The van der Waals surface area contributed by atoms with E-state index >= 15 is 0 Å². The first kappa shape index (κ1) is 13.1. The van der Waals surface area contributed by atoms with Gasteiger partial charge in [0.1, 0.15) is 6.23 Å². The third-order valence-electron chi connectivity index (χ3n) is 3.41. The fourth-order valence-corrected chi connectivity index (χ4v) is 2.41. The lowest BCUT2D eigenvalue weighted by Crippen LogP contribution is -2.17. The lowest BCUT2D eigenvalue weighted by molar-refractivity contribution is -0.0295. The highest BCUT2D eigenvalue weighted by atomic mass is 16.5. The van der Waals surface area contributed by atoms with Crippen LogP contribution in [-0.2, 0) is 9.47 Å². The van der Waals surface area contributed by atoms with Gasteiger partial charge in [0.25, 0.3) is 0 Å². The van der Waals surface area contributed by atoms with Crippen LogP contribution in [0.4, 0.5) is 0 Å². The summed E-state index contributed by atoms with van der Waals surface area (Å²) >= 11 is 0. The van der Waals surface area contributed by atoms with Gasteiger partial charge in [-0.15, -0.1) is 0 Å². The Bertz CT molecular complexity index is 617. The van der Waals surface area contributed by atoms with E-state index in [0.717, 1.165) is 31.4 Å². The van der Waals surface area contributed by atoms with E-state index in [1.807, 2.05) is 4.57 Å². The molecule has 0 aliphatic carbocycles. The van der Waals surface area contributed by atoms with Crippen molar-refractivity contribution in [1.29, 1.82) is 0 Å². The maximum atomic E-state index is 11.8. The predicted molar refractivity (Wildman–Crippen MR) is 72.3 cm³/mol. The van der Waals surface area contributed by atoms with Crippen molar-refractivity contribution in [2.75, 3.05) is 13.2 Å². The topological polar surface area (TPSA) is 66.2 Å². The van der Waals surface area contributed by atoms with Crippen LogP contribution in [0.1, 0.15) is 42.8 Å². The smallest absolute Gasteiger partial charge is 0.339 e. The first-order valence-corrected chi connectivity index (χ1v) is 6.91. The van der Waals surface area contributed by atoms with E-state index in [1.54, 1.807) is 19.3 Å². The Morgan fingerprint density at radius 2 is 2.40 bits per heavy atom. The molecule has 20 heavy (non-hydrogen) atoms. The lowest BCUT2D eigenvalue weighted by atomic mass is 10.2. The summed E-state index contributed by atoms with van der Waals surface area (Å²) in [6.45, 7) is 2.89. The Kier molecular flexibility index (Phi) is 3.64. The standard InChI is InChI=1S/C14H17N3O3/c1-2-19-14(18)10-7-11-13(15-8-10)16-9-17(11)12-5-3-4-6-20-12/h7-9,12H,2-6H2,1H3. The third-order valence-corrected chi connectivity index (χ3v) is 3.41. The number of ether oxygens (including phenoxy) is 2. The molecule has 1 fully saturated rings. The van der Waals surface area contributed by atoms with Gasteiger partial charge >= 0.3 is 5.97 Å². The number of rotatable bonds is 3. The number of carbonyl (C=O) groups is 1. The molecule has 0 bridgehead atoms. The van der Waals surface area contributed by atoms with E-state index in [1.165, 1.54) is 6.20 Å². The van der Waals surface area contributed by atoms with Gasteiger partial charge in [-0.1, -0.05) is 0 Å². The molecule has 106 valence electrons. The van der Waals surface area contributed by atoms with Crippen molar-refractivity contribution in [3.8, 4) is 0 Å². The molecule has 0 amide bonds. The van der Waals surface area contributed by atoms with E-state index in [4.69, 9.17) is 9.47 Å². The second-order valence-corrected chi connectivity index (χ2v) is 4.76.